The third kappa shape index (κ3) is 6.71. The van der Waals surface area contributed by atoms with Crippen LogP contribution in [0.5, 0.6) is 40.2 Å². The SMILES string of the molecule is COc1cccc(CCc2ccc(OC)c(Oc3ccc(CCc4ccc(O)c(OC)c4)cc3OC)c2)c1. The Morgan fingerprint density at radius 3 is 1.61 bits per heavy atom. The van der Waals surface area contributed by atoms with Crippen molar-refractivity contribution in [2.75, 3.05) is 28.4 Å². The van der Waals surface area contributed by atoms with Gasteiger partial charge in [0, 0.05) is 0 Å². The van der Waals surface area contributed by atoms with E-state index in [4.69, 9.17) is 23.7 Å². The standard InChI is InChI=1S/C32H34O6/c1-34-26-7-5-6-22(18-26)8-9-25-13-16-28(35-2)32(21-25)38-29-17-14-24(20-31(29)37-4)11-10-23-12-15-27(33)30(19-23)36-3/h5-7,12-21,33H,8-11H2,1-4H3. The molecule has 0 aliphatic rings. The van der Waals surface area contributed by atoms with Crippen LogP contribution in [0.15, 0.2) is 78.9 Å². The molecule has 0 aromatic heterocycles. The van der Waals surface area contributed by atoms with Gasteiger partial charge in [0.25, 0.3) is 0 Å². The number of hydrogen-bond acceptors (Lipinski definition) is 6. The fourth-order valence-corrected chi connectivity index (χ4v) is 4.31. The molecule has 0 unspecified atom stereocenters. The average Bonchev–Trinajstić information content (AvgIpc) is 2.96. The van der Waals surface area contributed by atoms with Gasteiger partial charge >= 0.3 is 0 Å². The van der Waals surface area contributed by atoms with E-state index in [9.17, 15) is 5.11 Å². The van der Waals surface area contributed by atoms with Crippen LogP contribution in [0.4, 0.5) is 0 Å². The molecule has 6 nitrogen and oxygen atoms in total. The largest absolute Gasteiger partial charge is 0.504 e. The molecule has 0 radical (unpaired) electrons. The van der Waals surface area contributed by atoms with Crippen LogP contribution in [-0.4, -0.2) is 33.5 Å². The number of rotatable bonds is 12. The van der Waals surface area contributed by atoms with Gasteiger partial charge in [-0.25, -0.2) is 0 Å². The second-order valence-electron chi connectivity index (χ2n) is 8.93. The molecule has 4 aromatic rings. The van der Waals surface area contributed by atoms with Crippen LogP contribution in [0.25, 0.3) is 0 Å². The Morgan fingerprint density at radius 2 is 1.00 bits per heavy atom. The van der Waals surface area contributed by atoms with Crippen LogP contribution in [0.2, 0.25) is 0 Å². The van der Waals surface area contributed by atoms with Crippen LogP contribution >= 0.6 is 0 Å². The molecule has 0 fully saturated rings. The van der Waals surface area contributed by atoms with Gasteiger partial charge < -0.3 is 28.8 Å². The molecule has 0 saturated carbocycles. The van der Waals surface area contributed by atoms with Gasteiger partial charge in [0.1, 0.15) is 5.75 Å². The lowest BCUT2D eigenvalue weighted by Crippen LogP contribution is -1.98. The molecule has 4 aromatic carbocycles. The minimum atomic E-state index is 0.138. The average molecular weight is 515 g/mol. The Kier molecular flexibility index (Phi) is 8.98. The van der Waals surface area contributed by atoms with Crippen molar-refractivity contribution in [2.45, 2.75) is 25.7 Å². The quantitative estimate of drug-likeness (QED) is 0.225. The van der Waals surface area contributed by atoms with E-state index in [0.717, 1.165) is 48.1 Å². The second-order valence-corrected chi connectivity index (χ2v) is 8.93. The highest BCUT2D eigenvalue weighted by molar-refractivity contribution is 5.50. The van der Waals surface area contributed by atoms with E-state index in [2.05, 4.69) is 18.2 Å². The molecule has 0 saturated heterocycles. The topological polar surface area (TPSA) is 66.4 Å². The maximum absolute atomic E-state index is 9.83. The molecule has 0 bridgehead atoms. The molecular weight excluding hydrogens is 480 g/mol. The highest BCUT2D eigenvalue weighted by Gasteiger charge is 2.13. The minimum Gasteiger partial charge on any atom is -0.504 e. The van der Waals surface area contributed by atoms with Gasteiger partial charge in [-0.2, -0.15) is 0 Å². The highest BCUT2D eigenvalue weighted by Crippen LogP contribution is 2.38. The number of benzene rings is 4. The molecule has 1 N–H and O–H groups in total. The molecule has 0 atom stereocenters. The van der Waals surface area contributed by atoms with Crippen LogP contribution in [-0.2, 0) is 25.7 Å². The van der Waals surface area contributed by atoms with Gasteiger partial charge in [0.05, 0.1) is 28.4 Å². The van der Waals surface area contributed by atoms with E-state index in [1.54, 1.807) is 34.5 Å². The first-order valence-electron chi connectivity index (χ1n) is 12.5. The first-order chi connectivity index (χ1) is 18.5. The van der Waals surface area contributed by atoms with Crippen molar-refractivity contribution in [2.24, 2.45) is 0 Å². The minimum absolute atomic E-state index is 0.138. The summed E-state index contributed by atoms with van der Waals surface area (Å²) in [6.45, 7) is 0. The summed E-state index contributed by atoms with van der Waals surface area (Å²) in [5.41, 5.74) is 4.55. The summed E-state index contributed by atoms with van der Waals surface area (Å²) >= 11 is 0. The van der Waals surface area contributed by atoms with Gasteiger partial charge in [-0.1, -0.05) is 30.3 Å². The normalized spacial score (nSPS) is 10.6. The summed E-state index contributed by atoms with van der Waals surface area (Å²) in [6, 6.07) is 25.5. The van der Waals surface area contributed by atoms with Crippen molar-refractivity contribution >= 4 is 0 Å². The summed E-state index contributed by atoms with van der Waals surface area (Å²) in [6.07, 6.45) is 3.33. The zero-order chi connectivity index (χ0) is 26.9. The number of hydrogen-bond donors (Lipinski definition) is 1. The van der Waals surface area contributed by atoms with Crippen molar-refractivity contribution < 1.29 is 28.8 Å². The molecular formula is C32H34O6. The molecule has 38 heavy (non-hydrogen) atoms. The van der Waals surface area contributed by atoms with E-state index in [1.807, 2.05) is 54.6 Å². The molecule has 0 aliphatic heterocycles. The smallest absolute Gasteiger partial charge is 0.169 e. The monoisotopic (exact) mass is 514 g/mol. The van der Waals surface area contributed by atoms with Crippen LogP contribution < -0.4 is 23.7 Å². The third-order valence-corrected chi connectivity index (χ3v) is 6.46. The fourth-order valence-electron chi connectivity index (χ4n) is 4.31. The van der Waals surface area contributed by atoms with Crippen molar-refractivity contribution in [3.8, 4) is 40.2 Å². The third-order valence-electron chi connectivity index (χ3n) is 6.46. The Morgan fingerprint density at radius 1 is 0.474 bits per heavy atom. The number of ether oxygens (including phenoxy) is 5. The molecule has 0 amide bonds. The Labute approximate surface area is 224 Å². The van der Waals surface area contributed by atoms with Crippen molar-refractivity contribution in [1.82, 2.24) is 0 Å². The maximum atomic E-state index is 9.83. The predicted octanol–water partition coefficient (Wildman–Crippen LogP) is 6.79. The first kappa shape index (κ1) is 26.7. The number of aromatic hydroxyl groups is 1. The molecule has 198 valence electrons. The second kappa shape index (κ2) is 12.8. The van der Waals surface area contributed by atoms with E-state index in [0.29, 0.717) is 28.7 Å². The summed E-state index contributed by atoms with van der Waals surface area (Å²) in [5.74, 6) is 4.03. The summed E-state index contributed by atoms with van der Waals surface area (Å²) in [4.78, 5) is 0. The van der Waals surface area contributed by atoms with Crippen LogP contribution in [0.1, 0.15) is 22.3 Å². The Hall–Kier alpha value is -4.32. The molecule has 6 heteroatoms. The highest BCUT2D eigenvalue weighted by atomic mass is 16.5. The lowest BCUT2D eigenvalue weighted by molar-refractivity contribution is 0.356. The number of phenols is 1. The molecule has 0 spiro atoms. The van der Waals surface area contributed by atoms with Gasteiger partial charge in [-0.15, -0.1) is 0 Å². The van der Waals surface area contributed by atoms with Gasteiger partial charge in [-0.3, -0.25) is 0 Å². The molecule has 0 aliphatic carbocycles. The molecule has 0 heterocycles. The van der Waals surface area contributed by atoms with E-state index in [1.165, 1.54) is 5.56 Å². The van der Waals surface area contributed by atoms with Crippen molar-refractivity contribution in [3.05, 3.63) is 101 Å². The Balaban J connectivity index is 1.47. The Bertz CT molecular complexity index is 1360. The first-order valence-corrected chi connectivity index (χ1v) is 12.5. The summed E-state index contributed by atoms with van der Waals surface area (Å²) < 4.78 is 28.1. The number of phenolic OH excluding ortho intramolecular Hbond substituents is 1. The lowest BCUT2D eigenvalue weighted by Gasteiger charge is -2.15. The summed E-state index contributed by atoms with van der Waals surface area (Å²) in [5, 5.41) is 9.83. The van der Waals surface area contributed by atoms with Gasteiger partial charge in [-0.05, 0) is 96.5 Å². The van der Waals surface area contributed by atoms with Crippen molar-refractivity contribution in [3.63, 3.8) is 0 Å². The number of aryl methyl sites for hydroxylation is 4. The van der Waals surface area contributed by atoms with E-state index < -0.39 is 0 Å². The fraction of sp³-hybridized carbons (Fsp3) is 0.250. The molecule has 4 rings (SSSR count). The van der Waals surface area contributed by atoms with Crippen molar-refractivity contribution in [1.29, 1.82) is 0 Å². The van der Waals surface area contributed by atoms with Gasteiger partial charge in [0.2, 0.25) is 0 Å². The maximum Gasteiger partial charge on any atom is 0.169 e. The van der Waals surface area contributed by atoms with E-state index >= 15 is 0 Å². The van der Waals surface area contributed by atoms with Gasteiger partial charge in [0.15, 0.2) is 34.5 Å². The zero-order valence-corrected chi connectivity index (χ0v) is 22.3. The van der Waals surface area contributed by atoms with E-state index in [-0.39, 0.29) is 5.75 Å². The zero-order valence-electron chi connectivity index (χ0n) is 22.3. The number of methoxy groups -OCH3 is 4. The summed E-state index contributed by atoms with van der Waals surface area (Å²) in [7, 11) is 6.50. The predicted molar refractivity (Wildman–Crippen MR) is 149 cm³/mol. The van der Waals surface area contributed by atoms with Crippen LogP contribution in [0.3, 0.4) is 0 Å². The lowest BCUT2D eigenvalue weighted by atomic mass is 10.0. The van der Waals surface area contributed by atoms with Crippen LogP contribution in [0, 0.1) is 0 Å².